The van der Waals surface area contributed by atoms with Crippen LogP contribution in [-0.4, -0.2) is 16.6 Å². The van der Waals surface area contributed by atoms with Crippen LogP contribution in [0, 0.1) is 0 Å². The van der Waals surface area contributed by atoms with Crippen molar-refractivity contribution in [2.75, 3.05) is 6.61 Å². The van der Waals surface area contributed by atoms with Gasteiger partial charge in [-0.2, -0.15) is 0 Å². The van der Waals surface area contributed by atoms with Gasteiger partial charge in [0.2, 0.25) is 0 Å². The summed E-state index contributed by atoms with van der Waals surface area (Å²) in [7, 11) is -2.57. The van der Waals surface area contributed by atoms with E-state index in [2.05, 4.69) is 0 Å². The Kier molecular flexibility index (Phi) is 5.06. The smallest absolute Gasteiger partial charge is 0.508 e. The predicted octanol–water partition coefficient (Wildman–Crippen LogP) is 3.12. The van der Waals surface area contributed by atoms with Crippen molar-refractivity contribution in [1.29, 1.82) is 0 Å². The van der Waals surface area contributed by atoms with Gasteiger partial charge in [-0.25, -0.2) is 0 Å². The molecule has 94 valence electrons. The number of rotatable bonds is 6. The van der Waals surface area contributed by atoms with Crippen molar-refractivity contribution < 1.29 is 19.1 Å². The van der Waals surface area contributed by atoms with E-state index in [9.17, 15) is 9.67 Å². The van der Waals surface area contributed by atoms with Crippen molar-refractivity contribution >= 4 is 8.25 Å². The Hall–Kier alpha value is -0.960. The molecule has 4 nitrogen and oxygen atoms in total. The molecule has 1 aromatic rings. The Morgan fingerprint density at radius 1 is 1.24 bits per heavy atom. The molecular weight excluding hydrogens is 239 g/mol. The minimum Gasteiger partial charge on any atom is -0.508 e. The van der Waals surface area contributed by atoms with E-state index in [0.717, 1.165) is 18.4 Å². The van der Waals surface area contributed by atoms with Gasteiger partial charge >= 0.3 is 8.25 Å². The van der Waals surface area contributed by atoms with Crippen molar-refractivity contribution in [3.63, 3.8) is 0 Å². The highest BCUT2D eigenvalue weighted by molar-refractivity contribution is 7.32. The second-order valence-corrected chi connectivity index (χ2v) is 4.78. The van der Waals surface area contributed by atoms with Crippen molar-refractivity contribution in [2.24, 2.45) is 0 Å². The number of phenolic OH excluding ortho intramolecular Hbond substituents is 1. The lowest BCUT2D eigenvalue weighted by atomic mass is 9.77. The maximum Gasteiger partial charge on any atom is 0.694 e. The van der Waals surface area contributed by atoms with E-state index in [0.29, 0.717) is 0 Å². The lowest BCUT2D eigenvalue weighted by Crippen LogP contribution is -2.29. The predicted molar refractivity (Wildman–Crippen MR) is 66.1 cm³/mol. The second-order valence-electron chi connectivity index (χ2n) is 4.05. The van der Waals surface area contributed by atoms with Gasteiger partial charge in [0.1, 0.15) is 12.4 Å². The monoisotopic (exact) mass is 257 g/mol. The van der Waals surface area contributed by atoms with Crippen LogP contribution in [0.5, 0.6) is 5.75 Å². The molecule has 0 radical (unpaired) electrons. The molecule has 17 heavy (non-hydrogen) atoms. The minimum atomic E-state index is -2.57. The molecule has 0 heterocycles. The Bertz CT molecular complexity index is 371. The van der Waals surface area contributed by atoms with Crippen LogP contribution >= 0.6 is 8.25 Å². The summed E-state index contributed by atoms with van der Waals surface area (Å²) < 4.78 is 15.5. The molecule has 1 rings (SSSR count). The van der Waals surface area contributed by atoms with Crippen LogP contribution in [0.4, 0.5) is 0 Å². The van der Waals surface area contributed by atoms with Crippen LogP contribution in [0.1, 0.15) is 32.3 Å². The Balaban J connectivity index is 2.97. The summed E-state index contributed by atoms with van der Waals surface area (Å²) in [5.41, 5.74) is 0.735. The Labute approximate surface area is 102 Å². The largest absolute Gasteiger partial charge is 0.694 e. The summed E-state index contributed by atoms with van der Waals surface area (Å²) in [6, 6.07) is 6.90. The summed E-state index contributed by atoms with van der Waals surface area (Å²) in [5.74, 6) is 0.212. The van der Waals surface area contributed by atoms with Gasteiger partial charge < -0.3 is 5.11 Å². The van der Waals surface area contributed by atoms with E-state index in [-0.39, 0.29) is 17.8 Å². The number of aromatic hydroxyl groups is 1. The zero-order valence-corrected chi connectivity index (χ0v) is 11.0. The van der Waals surface area contributed by atoms with Crippen LogP contribution in [0.15, 0.2) is 24.3 Å². The first-order valence-electron chi connectivity index (χ1n) is 5.62. The van der Waals surface area contributed by atoms with Crippen molar-refractivity contribution in [1.82, 2.24) is 0 Å². The molecule has 5 heteroatoms. The molecule has 0 aliphatic heterocycles. The molecule has 2 N–H and O–H groups in total. The van der Waals surface area contributed by atoms with Crippen molar-refractivity contribution in [3.05, 3.63) is 29.8 Å². The topological polar surface area (TPSA) is 66.8 Å². The van der Waals surface area contributed by atoms with Gasteiger partial charge in [0.15, 0.2) is 0 Å². The van der Waals surface area contributed by atoms with Crippen LogP contribution in [0.2, 0.25) is 0 Å². The van der Waals surface area contributed by atoms with E-state index in [1.165, 1.54) is 0 Å². The molecule has 1 atom stereocenters. The van der Waals surface area contributed by atoms with E-state index in [1.807, 2.05) is 26.0 Å². The fourth-order valence-corrected chi connectivity index (χ4v) is 2.30. The van der Waals surface area contributed by atoms with Crippen LogP contribution in [0.3, 0.4) is 0 Å². The molecule has 0 aliphatic rings. The number of hydrogen-bond acceptors (Lipinski definition) is 3. The molecule has 0 bridgehead atoms. The molecule has 1 unspecified atom stereocenters. The molecule has 1 aromatic carbocycles. The third-order valence-electron chi connectivity index (χ3n) is 3.28. The van der Waals surface area contributed by atoms with Gasteiger partial charge in [0.25, 0.3) is 0 Å². The standard InChI is InChI=1S/C12H17O4P/c1-3-12(4-2,9-16-17(14)15)10-5-7-11(13)8-6-10/h5-8H,3-4,9H2,1-2H3,(H-,13,14,15)/p+1. The molecule has 0 fully saturated rings. The maximum absolute atomic E-state index is 10.6. The summed E-state index contributed by atoms with van der Waals surface area (Å²) in [6.45, 7) is 4.24. The average molecular weight is 257 g/mol. The fourth-order valence-electron chi connectivity index (χ4n) is 1.94. The van der Waals surface area contributed by atoms with Gasteiger partial charge in [-0.1, -0.05) is 26.0 Å². The second kappa shape index (κ2) is 6.10. The first kappa shape index (κ1) is 14.1. The number of benzene rings is 1. The average Bonchev–Trinajstić information content (AvgIpc) is 2.32. The zero-order chi connectivity index (χ0) is 12.9. The van der Waals surface area contributed by atoms with Gasteiger partial charge in [0, 0.05) is 9.98 Å². The molecule has 0 spiro atoms. The molecule has 0 aliphatic carbocycles. The van der Waals surface area contributed by atoms with E-state index in [4.69, 9.17) is 9.42 Å². The first-order chi connectivity index (χ1) is 8.04. The third kappa shape index (κ3) is 3.50. The Morgan fingerprint density at radius 2 is 1.76 bits per heavy atom. The maximum atomic E-state index is 10.6. The van der Waals surface area contributed by atoms with Gasteiger partial charge in [-0.3, -0.25) is 0 Å². The van der Waals surface area contributed by atoms with Crippen LogP contribution in [-0.2, 0) is 14.5 Å². The third-order valence-corrected chi connectivity index (χ3v) is 3.63. The van der Waals surface area contributed by atoms with E-state index < -0.39 is 8.25 Å². The molecule has 0 saturated carbocycles. The van der Waals surface area contributed by atoms with Gasteiger partial charge in [-0.15, -0.1) is 9.42 Å². The molecule has 0 saturated heterocycles. The minimum absolute atomic E-state index is 0.205. The Morgan fingerprint density at radius 3 is 2.18 bits per heavy atom. The van der Waals surface area contributed by atoms with Crippen molar-refractivity contribution in [2.45, 2.75) is 32.1 Å². The normalized spacial score (nSPS) is 12.5. The summed E-state index contributed by atoms with van der Waals surface area (Å²) in [6.07, 6.45) is 1.61. The van der Waals surface area contributed by atoms with Crippen LogP contribution in [0.25, 0.3) is 0 Å². The first-order valence-corrected chi connectivity index (χ1v) is 6.75. The van der Waals surface area contributed by atoms with E-state index >= 15 is 0 Å². The zero-order valence-electron chi connectivity index (χ0n) is 10.1. The lowest BCUT2D eigenvalue weighted by Gasteiger charge is -2.29. The van der Waals surface area contributed by atoms with Crippen LogP contribution < -0.4 is 0 Å². The highest BCUT2D eigenvalue weighted by atomic mass is 31.1. The summed E-state index contributed by atoms with van der Waals surface area (Å²) >= 11 is 0. The summed E-state index contributed by atoms with van der Waals surface area (Å²) in [4.78, 5) is 8.74. The fraction of sp³-hybridized carbons (Fsp3) is 0.500. The number of hydrogen-bond donors (Lipinski definition) is 2. The summed E-state index contributed by atoms with van der Waals surface area (Å²) in [5, 5.41) is 9.27. The highest BCUT2D eigenvalue weighted by Gasteiger charge is 2.32. The van der Waals surface area contributed by atoms with E-state index in [1.54, 1.807) is 12.1 Å². The van der Waals surface area contributed by atoms with Gasteiger partial charge in [-0.05, 0) is 30.5 Å². The molecule has 0 aromatic heterocycles. The quantitative estimate of drug-likeness (QED) is 0.768. The molecule has 0 amide bonds. The highest BCUT2D eigenvalue weighted by Crippen LogP contribution is 2.35. The SMILES string of the molecule is CCC(CC)(CO[P+](=O)O)c1ccc(O)cc1. The number of phenols is 1. The van der Waals surface area contributed by atoms with Gasteiger partial charge in [0.05, 0.1) is 0 Å². The lowest BCUT2D eigenvalue weighted by molar-refractivity contribution is 0.192. The molecular formula is C12H18O4P+. The van der Waals surface area contributed by atoms with Crippen molar-refractivity contribution in [3.8, 4) is 5.75 Å².